The zero-order chi connectivity index (χ0) is 21.6. The number of alkyl halides is 3. The molecule has 160 valence electrons. The molecule has 3 aliphatic rings. The van der Waals surface area contributed by atoms with Gasteiger partial charge in [-0.1, -0.05) is 0 Å². The Morgan fingerprint density at radius 3 is 2.43 bits per heavy atom. The van der Waals surface area contributed by atoms with Crippen LogP contribution in [0.25, 0.3) is 10.9 Å². The van der Waals surface area contributed by atoms with E-state index in [1.807, 2.05) is 0 Å². The van der Waals surface area contributed by atoms with Crippen molar-refractivity contribution < 1.29 is 27.5 Å². The third kappa shape index (κ3) is 2.65. The fourth-order valence-corrected chi connectivity index (χ4v) is 4.91. The number of benzene rings is 1. The second-order valence-corrected chi connectivity index (χ2v) is 8.64. The number of hydrogen-bond acceptors (Lipinski definition) is 4. The average molecular weight is 425 g/mol. The van der Waals surface area contributed by atoms with Gasteiger partial charge < -0.3 is 20.3 Å². The monoisotopic (exact) mass is 425 g/mol. The van der Waals surface area contributed by atoms with Gasteiger partial charge in [0.25, 0.3) is 0 Å². The van der Waals surface area contributed by atoms with Crippen LogP contribution in [-0.4, -0.2) is 34.3 Å². The predicted molar refractivity (Wildman–Crippen MR) is 100 cm³/mol. The number of rotatable bonds is 3. The third-order valence-electron chi connectivity index (χ3n) is 6.71. The number of halogens is 4. The summed E-state index contributed by atoms with van der Waals surface area (Å²) >= 11 is 0. The lowest BCUT2D eigenvalue weighted by Gasteiger charge is -2.40. The van der Waals surface area contributed by atoms with Gasteiger partial charge in [-0.15, -0.1) is 0 Å². The van der Waals surface area contributed by atoms with Gasteiger partial charge in [-0.05, 0) is 37.7 Å². The van der Waals surface area contributed by atoms with Crippen LogP contribution in [0.2, 0.25) is 0 Å². The highest BCUT2D eigenvalue weighted by Crippen LogP contribution is 2.50. The molecule has 1 aromatic heterocycles. The second-order valence-electron chi connectivity index (χ2n) is 8.64. The summed E-state index contributed by atoms with van der Waals surface area (Å²) in [6, 6.07) is 0.387. The molecule has 2 saturated carbocycles. The maximum Gasteiger partial charge on any atom is 0.420 e. The summed E-state index contributed by atoms with van der Waals surface area (Å²) < 4.78 is 59.3. The van der Waals surface area contributed by atoms with Crippen LogP contribution in [0.15, 0.2) is 17.1 Å². The van der Waals surface area contributed by atoms with Gasteiger partial charge in [0.05, 0.1) is 16.6 Å². The van der Waals surface area contributed by atoms with Crippen LogP contribution < -0.4 is 16.1 Å². The minimum absolute atomic E-state index is 0.00584. The maximum absolute atomic E-state index is 15.1. The van der Waals surface area contributed by atoms with Gasteiger partial charge in [0.1, 0.15) is 16.9 Å². The number of carbonyl (C=O) groups is 1. The van der Waals surface area contributed by atoms with E-state index in [1.165, 1.54) is 9.47 Å². The molecule has 6 nitrogen and oxygen atoms in total. The molecule has 0 radical (unpaired) electrons. The van der Waals surface area contributed by atoms with Crippen molar-refractivity contribution in [3.8, 4) is 0 Å². The number of nitrogens with zero attached hydrogens (tertiary/aromatic N) is 2. The van der Waals surface area contributed by atoms with E-state index < -0.39 is 56.6 Å². The number of carboxylic acids is 1. The van der Waals surface area contributed by atoms with Crippen LogP contribution in [0.1, 0.15) is 47.6 Å². The van der Waals surface area contributed by atoms with Gasteiger partial charge >= 0.3 is 12.1 Å². The number of aromatic carboxylic acids is 1. The lowest BCUT2D eigenvalue weighted by molar-refractivity contribution is -0.136. The lowest BCUT2D eigenvalue weighted by Crippen LogP contribution is -2.54. The summed E-state index contributed by atoms with van der Waals surface area (Å²) in [4.78, 5) is 25.4. The van der Waals surface area contributed by atoms with Crippen LogP contribution in [0.4, 0.5) is 23.2 Å². The minimum atomic E-state index is -4.95. The number of pyridine rings is 1. The number of anilines is 1. The van der Waals surface area contributed by atoms with Crippen molar-refractivity contribution in [1.82, 2.24) is 4.57 Å². The molecule has 30 heavy (non-hydrogen) atoms. The fraction of sp³-hybridized carbons (Fsp3) is 0.500. The summed E-state index contributed by atoms with van der Waals surface area (Å²) in [5.41, 5.74) is 1.54. The Bertz CT molecular complexity index is 1150. The molecule has 2 heterocycles. The molecule has 2 unspecified atom stereocenters. The van der Waals surface area contributed by atoms with Crippen LogP contribution in [0, 0.1) is 11.7 Å². The highest BCUT2D eigenvalue weighted by Gasteiger charge is 2.52. The largest absolute Gasteiger partial charge is 0.477 e. The SMILES string of the molecule is NC12CCC1CN(c1c(F)cc3c(=O)c(C(=O)O)cn(C4CC4)c3c1C(F)(F)F)C2. The highest BCUT2D eigenvalue weighted by molar-refractivity contribution is 5.95. The topological polar surface area (TPSA) is 88.6 Å². The van der Waals surface area contributed by atoms with E-state index in [2.05, 4.69) is 0 Å². The normalized spacial score (nSPS) is 26.0. The van der Waals surface area contributed by atoms with Gasteiger partial charge in [-0.2, -0.15) is 13.2 Å². The van der Waals surface area contributed by atoms with Gasteiger partial charge in [0.2, 0.25) is 5.43 Å². The molecule has 3 fully saturated rings. The minimum Gasteiger partial charge on any atom is -0.477 e. The first-order valence-electron chi connectivity index (χ1n) is 9.77. The van der Waals surface area contributed by atoms with Crippen molar-refractivity contribution in [1.29, 1.82) is 0 Å². The molecule has 2 aliphatic carbocycles. The summed E-state index contributed by atoms with van der Waals surface area (Å²) in [6.45, 7) is 0.312. The van der Waals surface area contributed by atoms with Crippen molar-refractivity contribution >= 4 is 22.6 Å². The van der Waals surface area contributed by atoms with E-state index in [-0.39, 0.29) is 25.0 Å². The fourth-order valence-electron chi connectivity index (χ4n) is 4.91. The molecular formula is C20H19F4N3O3. The Morgan fingerprint density at radius 2 is 1.97 bits per heavy atom. The molecule has 1 aliphatic heterocycles. The Hall–Kier alpha value is -2.62. The van der Waals surface area contributed by atoms with Crippen LogP contribution >= 0.6 is 0 Å². The molecular weight excluding hydrogens is 406 g/mol. The standard InChI is InChI=1S/C20H19F4N3O3/c21-13-5-11-15(27(10-1-2-10)7-12(17(11)28)18(29)30)14(20(22,23)24)16(13)26-6-9-3-4-19(9,25)8-26/h5,7,9-10H,1-4,6,8,25H2,(H,29,30). The van der Waals surface area contributed by atoms with Crippen molar-refractivity contribution in [3.63, 3.8) is 0 Å². The summed E-state index contributed by atoms with van der Waals surface area (Å²) in [6.07, 6.45) is -1.44. The van der Waals surface area contributed by atoms with Crippen molar-refractivity contribution in [2.45, 2.75) is 43.4 Å². The maximum atomic E-state index is 15.1. The molecule has 0 bridgehead atoms. The predicted octanol–water partition coefficient (Wildman–Crippen LogP) is 3.12. The number of nitrogens with two attached hydrogens (primary N) is 1. The van der Waals surface area contributed by atoms with Crippen LogP contribution in [0.3, 0.4) is 0 Å². The third-order valence-corrected chi connectivity index (χ3v) is 6.71. The first-order chi connectivity index (χ1) is 14.0. The zero-order valence-corrected chi connectivity index (χ0v) is 15.8. The number of aromatic nitrogens is 1. The summed E-state index contributed by atoms with van der Waals surface area (Å²) in [5.74, 6) is -2.76. The molecule has 0 amide bonds. The Balaban J connectivity index is 1.85. The molecule has 1 saturated heterocycles. The highest BCUT2D eigenvalue weighted by atomic mass is 19.4. The molecule has 2 atom stereocenters. The smallest absolute Gasteiger partial charge is 0.420 e. The summed E-state index contributed by atoms with van der Waals surface area (Å²) in [7, 11) is 0. The van der Waals surface area contributed by atoms with Crippen molar-refractivity contribution in [2.24, 2.45) is 11.7 Å². The van der Waals surface area contributed by atoms with E-state index in [0.29, 0.717) is 19.3 Å². The quantitative estimate of drug-likeness (QED) is 0.738. The molecule has 5 rings (SSSR count). The van der Waals surface area contributed by atoms with E-state index >= 15 is 4.39 Å². The zero-order valence-electron chi connectivity index (χ0n) is 15.8. The second kappa shape index (κ2) is 5.96. The first kappa shape index (κ1) is 19.3. The number of hydrogen-bond donors (Lipinski definition) is 2. The molecule has 2 aromatic rings. The lowest BCUT2D eigenvalue weighted by atomic mass is 9.70. The van der Waals surface area contributed by atoms with Crippen molar-refractivity contribution in [2.75, 3.05) is 18.0 Å². The van der Waals surface area contributed by atoms with Crippen LogP contribution in [-0.2, 0) is 6.18 Å². The van der Waals surface area contributed by atoms with E-state index in [9.17, 15) is 27.9 Å². The Kier molecular flexibility index (Phi) is 3.85. The molecule has 1 aromatic carbocycles. The molecule has 0 spiro atoms. The van der Waals surface area contributed by atoms with Gasteiger partial charge in [0.15, 0.2) is 0 Å². The van der Waals surface area contributed by atoms with Gasteiger partial charge in [0, 0.05) is 30.9 Å². The van der Waals surface area contributed by atoms with Gasteiger partial charge in [-0.3, -0.25) is 4.79 Å². The number of carboxylic acid groups (broad SMARTS) is 1. The van der Waals surface area contributed by atoms with Crippen LogP contribution in [0.5, 0.6) is 0 Å². The van der Waals surface area contributed by atoms with Crippen molar-refractivity contribution in [3.05, 3.63) is 39.4 Å². The van der Waals surface area contributed by atoms with E-state index in [0.717, 1.165) is 18.7 Å². The average Bonchev–Trinajstić information content (AvgIpc) is 3.44. The Morgan fingerprint density at radius 1 is 1.27 bits per heavy atom. The Labute approximate surface area is 167 Å². The molecule has 10 heteroatoms. The van der Waals surface area contributed by atoms with E-state index in [4.69, 9.17) is 5.73 Å². The molecule has 3 N–H and O–H groups in total. The van der Waals surface area contributed by atoms with E-state index in [1.54, 1.807) is 0 Å². The number of fused-ring (bicyclic) bond motifs is 2. The summed E-state index contributed by atoms with van der Waals surface area (Å²) in [5, 5.41) is 8.75. The van der Waals surface area contributed by atoms with Gasteiger partial charge in [-0.25, -0.2) is 9.18 Å². The first-order valence-corrected chi connectivity index (χ1v) is 9.77.